The molecule has 0 amide bonds. The highest BCUT2D eigenvalue weighted by Gasteiger charge is 2.00. The van der Waals surface area contributed by atoms with Crippen molar-refractivity contribution in [1.29, 1.82) is 0 Å². The van der Waals surface area contributed by atoms with E-state index in [1.807, 2.05) is 6.07 Å². The number of benzene rings is 1. The van der Waals surface area contributed by atoms with Gasteiger partial charge in [0.25, 0.3) is 0 Å². The van der Waals surface area contributed by atoms with Gasteiger partial charge >= 0.3 is 0 Å². The van der Waals surface area contributed by atoms with Crippen molar-refractivity contribution in [3.8, 4) is 0 Å². The maximum Gasteiger partial charge on any atom is 0.0296 e. The van der Waals surface area contributed by atoms with Crippen LogP contribution in [0.3, 0.4) is 0 Å². The molecule has 0 aliphatic heterocycles. The van der Waals surface area contributed by atoms with Gasteiger partial charge in [0.15, 0.2) is 0 Å². The van der Waals surface area contributed by atoms with Gasteiger partial charge in [-0.1, -0.05) is 46.3 Å². The first-order valence-electron chi connectivity index (χ1n) is 3.72. The van der Waals surface area contributed by atoms with Gasteiger partial charge in [-0.15, -0.1) is 0 Å². The molecule has 0 N–H and O–H groups in total. The van der Waals surface area contributed by atoms with Crippen LogP contribution in [0, 0.1) is 0 Å². The summed E-state index contributed by atoms with van der Waals surface area (Å²) in [5.74, 6) is 0. The average molecular weight is 337 g/mol. The summed E-state index contributed by atoms with van der Waals surface area (Å²) >= 11 is 5.85. The Balaban J connectivity index is 3.05. The second kappa shape index (κ2) is 5.02. The summed E-state index contributed by atoms with van der Waals surface area (Å²) in [6.07, 6.45) is 0. The highest BCUT2D eigenvalue weighted by molar-refractivity contribution is 14.1. The zero-order chi connectivity index (χ0) is 8.97. The predicted molar refractivity (Wildman–Crippen MR) is 66.9 cm³/mol. The molecule has 0 aliphatic rings. The molecule has 0 heterocycles. The van der Waals surface area contributed by atoms with Gasteiger partial charge in [-0.25, -0.2) is 0 Å². The molecule has 12 heavy (non-hydrogen) atoms. The van der Waals surface area contributed by atoms with Crippen LogP contribution >= 0.6 is 38.5 Å². The van der Waals surface area contributed by atoms with Crippen molar-refractivity contribution < 1.29 is 0 Å². The van der Waals surface area contributed by atoms with Crippen molar-refractivity contribution in [2.24, 2.45) is 0 Å². The Bertz CT molecular complexity index is 273. The molecule has 0 aromatic heterocycles. The molecule has 0 atom stereocenters. The van der Waals surface area contributed by atoms with Crippen LogP contribution in [0.1, 0.15) is 12.5 Å². The van der Waals surface area contributed by atoms with E-state index in [1.165, 1.54) is 14.7 Å². The second-order valence-electron chi connectivity index (χ2n) is 2.51. The topological polar surface area (TPSA) is 0 Å². The van der Waals surface area contributed by atoms with E-state index in [0.29, 0.717) is 0 Å². The van der Waals surface area contributed by atoms with Gasteiger partial charge < -0.3 is 0 Å². The summed E-state index contributed by atoms with van der Waals surface area (Å²) in [4.78, 5) is 0. The quantitative estimate of drug-likeness (QED) is 0.559. The highest BCUT2D eigenvalue weighted by Crippen LogP contribution is 2.24. The van der Waals surface area contributed by atoms with E-state index in [2.05, 4.69) is 69.7 Å². The van der Waals surface area contributed by atoms with Crippen molar-refractivity contribution in [3.05, 3.63) is 39.5 Å². The summed E-state index contributed by atoms with van der Waals surface area (Å²) < 4.78 is 1.34. The third kappa shape index (κ3) is 2.59. The third-order valence-corrected chi connectivity index (χ3v) is 2.88. The normalized spacial score (nSPS) is 12.6. The first kappa shape index (κ1) is 10.3. The Morgan fingerprint density at radius 3 is 2.33 bits per heavy atom. The summed E-state index contributed by atoms with van der Waals surface area (Å²) in [6, 6.07) is 10.4. The van der Waals surface area contributed by atoms with E-state index >= 15 is 0 Å². The number of allylic oxidation sites excluding steroid dienone is 2. The highest BCUT2D eigenvalue weighted by atomic mass is 127. The molecule has 0 saturated heterocycles. The third-order valence-electron chi connectivity index (χ3n) is 1.67. The number of halogens is 2. The number of hydrogen-bond donors (Lipinski definition) is 0. The van der Waals surface area contributed by atoms with E-state index in [9.17, 15) is 0 Å². The maximum atomic E-state index is 3.49. The minimum atomic E-state index is 0.922. The standard InChI is InChI=1S/C10H10BrI/c1-8(12)10(7-11)9-5-3-2-4-6-9/h2-6H,7H2,1H3/b10-8+. The lowest BCUT2D eigenvalue weighted by atomic mass is 10.1. The summed E-state index contributed by atoms with van der Waals surface area (Å²) in [7, 11) is 0. The smallest absolute Gasteiger partial charge is 0.0296 e. The van der Waals surface area contributed by atoms with E-state index < -0.39 is 0 Å². The molecule has 0 saturated carbocycles. The number of hydrogen-bond acceptors (Lipinski definition) is 0. The van der Waals surface area contributed by atoms with Crippen LogP contribution in [0.15, 0.2) is 33.9 Å². The minimum Gasteiger partial charge on any atom is -0.0876 e. The summed E-state index contributed by atoms with van der Waals surface area (Å²) in [6.45, 7) is 2.13. The van der Waals surface area contributed by atoms with Crippen molar-refractivity contribution in [1.82, 2.24) is 0 Å². The molecule has 1 aromatic carbocycles. The van der Waals surface area contributed by atoms with Crippen LogP contribution in [-0.4, -0.2) is 5.33 Å². The zero-order valence-corrected chi connectivity index (χ0v) is 10.6. The molecule has 2 heteroatoms. The molecule has 0 spiro atoms. The lowest BCUT2D eigenvalue weighted by Crippen LogP contribution is -1.85. The van der Waals surface area contributed by atoms with Crippen molar-refractivity contribution >= 4 is 44.1 Å². The second-order valence-corrected chi connectivity index (χ2v) is 4.69. The molecule has 1 aromatic rings. The van der Waals surface area contributed by atoms with E-state index in [0.717, 1.165) is 5.33 Å². The predicted octanol–water partition coefficient (Wildman–Crippen LogP) is 4.25. The van der Waals surface area contributed by atoms with Crippen molar-refractivity contribution in [2.75, 3.05) is 5.33 Å². The van der Waals surface area contributed by atoms with E-state index in [1.54, 1.807) is 0 Å². The summed E-state index contributed by atoms with van der Waals surface area (Å²) in [5.41, 5.74) is 2.68. The van der Waals surface area contributed by atoms with Gasteiger partial charge in [0.2, 0.25) is 0 Å². The fourth-order valence-electron chi connectivity index (χ4n) is 1.01. The lowest BCUT2D eigenvalue weighted by molar-refractivity contribution is 1.55. The average Bonchev–Trinajstić information content (AvgIpc) is 2.07. The van der Waals surface area contributed by atoms with Gasteiger partial charge in [-0.05, 0) is 44.2 Å². The molecule has 0 aliphatic carbocycles. The first-order valence-corrected chi connectivity index (χ1v) is 5.92. The fourth-order valence-corrected chi connectivity index (χ4v) is 2.78. The van der Waals surface area contributed by atoms with Crippen LogP contribution in [0.4, 0.5) is 0 Å². The molecule has 0 unspecified atom stereocenters. The zero-order valence-electron chi connectivity index (χ0n) is 6.85. The molecule has 0 nitrogen and oxygen atoms in total. The molecule has 64 valence electrons. The molecule has 0 bridgehead atoms. The molecule has 1 rings (SSSR count). The number of rotatable bonds is 2. The Kier molecular flexibility index (Phi) is 4.29. The van der Waals surface area contributed by atoms with Gasteiger partial charge in [-0.3, -0.25) is 0 Å². The maximum absolute atomic E-state index is 3.49. The molecule has 0 fully saturated rings. The SMILES string of the molecule is C/C(I)=C(/CBr)c1ccccc1. The van der Waals surface area contributed by atoms with Crippen LogP contribution in [0.2, 0.25) is 0 Å². The van der Waals surface area contributed by atoms with Gasteiger partial charge in [-0.2, -0.15) is 0 Å². The van der Waals surface area contributed by atoms with Gasteiger partial charge in [0.05, 0.1) is 0 Å². The largest absolute Gasteiger partial charge is 0.0876 e. The van der Waals surface area contributed by atoms with E-state index in [-0.39, 0.29) is 0 Å². The minimum absolute atomic E-state index is 0.922. The Labute approximate surface area is 95.3 Å². The monoisotopic (exact) mass is 336 g/mol. The van der Waals surface area contributed by atoms with Crippen LogP contribution in [-0.2, 0) is 0 Å². The molecule has 0 radical (unpaired) electrons. The van der Waals surface area contributed by atoms with Crippen molar-refractivity contribution in [2.45, 2.75) is 6.92 Å². The van der Waals surface area contributed by atoms with Gasteiger partial charge in [0, 0.05) is 5.33 Å². The Hall–Kier alpha value is 0.170. The summed E-state index contributed by atoms with van der Waals surface area (Å²) in [5, 5.41) is 0.922. The first-order chi connectivity index (χ1) is 5.75. The molecular weight excluding hydrogens is 327 g/mol. The molecular formula is C10H10BrI. The Morgan fingerprint density at radius 1 is 1.33 bits per heavy atom. The van der Waals surface area contributed by atoms with Crippen LogP contribution in [0.25, 0.3) is 5.57 Å². The van der Waals surface area contributed by atoms with Gasteiger partial charge in [0.1, 0.15) is 0 Å². The van der Waals surface area contributed by atoms with Crippen molar-refractivity contribution in [3.63, 3.8) is 0 Å². The fraction of sp³-hybridized carbons (Fsp3) is 0.200. The lowest BCUT2D eigenvalue weighted by Gasteiger charge is -2.04. The Morgan fingerprint density at radius 2 is 1.92 bits per heavy atom. The van der Waals surface area contributed by atoms with Crippen LogP contribution < -0.4 is 0 Å². The van der Waals surface area contributed by atoms with Crippen LogP contribution in [0.5, 0.6) is 0 Å². The van der Waals surface area contributed by atoms with E-state index in [4.69, 9.17) is 0 Å². The number of alkyl halides is 1.